The van der Waals surface area contributed by atoms with E-state index in [4.69, 9.17) is 20.8 Å². The van der Waals surface area contributed by atoms with E-state index in [-0.39, 0.29) is 18.3 Å². The predicted molar refractivity (Wildman–Crippen MR) is 109 cm³/mol. The van der Waals surface area contributed by atoms with Crippen LogP contribution in [0.1, 0.15) is 16.1 Å². The van der Waals surface area contributed by atoms with Gasteiger partial charge in [0.25, 0.3) is 5.91 Å². The summed E-state index contributed by atoms with van der Waals surface area (Å²) in [6.07, 6.45) is 0. The van der Waals surface area contributed by atoms with Crippen molar-refractivity contribution in [3.05, 3.63) is 64.9 Å². The molecule has 0 bridgehead atoms. The van der Waals surface area contributed by atoms with Crippen molar-refractivity contribution < 1.29 is 18.7 Å². The number of nitrogens with zero attached hydrogens (tertiary/aromatic N) is 2. The van der Waals surface area contributed by atoms with Crippen molar-refractivity contribution in [2.24, 2.45) is 0 Å². The number of hydrogen-bond donors (Lipinski definition) is 0. The molecule has 0 spiro atoms. The summed E-state index contributed by atoms with van der Waals surface area (Å²) in [5, 5.41) is 1.24. The van der Waals surface area contributed by atoms with Gasteiger partial charge in [-0.3, -0.25) is 4.79 Å². The van der Waals surface area contributed by atoms with Crippen LogP contribution in [0.4, 0.5) is 5.69 Å². The maximum atomic E-state index is 12.3. The highest BCUT2D eigenvalue weighted by atomic mass is 35.5. The van der Waals surface area contributed by atoms with Gasteiger partial charge in [-0.15, -0.1) is 0 Å². The fourth-order valence-corrected chi connectivity index (χ4v) is 2.87. The van der Waals surface area contributed by atoms with Crippen LogP contribution in [-0.2, 0) is 16.1 Å². The van der Waals surface area contributed by atoms with Gasteiger partial charge >= 0.3 is 5.97 Å². The van der Waals surface area contributed by atoms with E-state index in [2.05, 4.69) is 0 Å². The van der Waals surface area contributed by atoms with Crippen LogP contribution in [0.2, 0.25) is 5.02 Å². The smallest absolute Gasteiger partial charge is 0.374 e. The third kappa shape index (κ3) is 4.64. The van der Waals surface area contributed by atoms with Crippen molar-refractivity contribution in [3.63, 3.8) is 0 Å². The van der Waals surface area contributed by atoms with Gasteiger partial charge in [-0.2, -0.15) is 0 Å². The van der Waals surface area contributed by atoms with Crippen LogP contribution in [0.25, 0.3) is 11.0 Å². The van der Waals surface area contributed by atoms with E-state index in [1.54, 1.807) is 31.3 Å². The maximum absolute atomic E-state index is 12.3. The number of rotatable bonds is 6. The minimum atomic E-state index is -0.690. The Hall–Kier alpha value is -2.99. The van der Waals surface area contributed by atoms with Gasteiger partial charge in [0.05, 0.1) is 0 Å². The molecule has 1 aromatic heterocycles. The van der Waals surface area contributed by atoms with Crippen molar-refractivity contribution in [2.45, 2.75) is 6.54 Å². The number of fused-ring (bicyclic) bond motifs is 1. The van der Waals surface area contributed by atoms with Gasteiger partial charge in [0.2, 0.25) is 5.76 Å². The number of esters is 1. The van der Waals surface area contributed by atoms with E-state index in [9.17, 15) is 9.59 Å². The Balaban J connectivity index is 1.55. The minimum absolute atomic E-state index is 0.0343. The van der Waals surface area contributed by atoms with Gasteiger partial charge in [-0.05, 0) is 42.0 Å². The predicted octanol–water partition coefficient (Wildman–Crippen LogP) is 3.97. The molecule has 0 aliphatic rings. The molecular weight excluding hydrogens is 380 g/mol. The molecule has 0 N–H and O–H groups in total. The van der Waals surface area contributed by atoms with Crippen LogP contribution in [0, 0.1) is 0 Å². The largest absolute Gasteiger partial charge is 0.450 e. The molecule has 146 valence electrons. The lowest BCUT2D eigenvalue weighted by atomic mass is 10.2. The second kappa shape index (κ2) is 8.35. The molecule has 0 radical (unpaired) electrons. The monoisotopic (exact) mass is 400 g/mol. The first kappa shape index (κ1) is 19.8. The average molecular weight is 401 g/mol. The molecule has 0 fully saturated rings. The third-order valence-corrected chi connectivity index (χ3v) is 4.54. The standard InChI is InChI=1S/C21H21ClN2O4/c1-23(2)17-7-4-14(5-8-17)12-24(3)20(25)13-27-21(26)19-11-15-10-16(22)6-9-18(15)28-19/h4-11H,12-13H2,1-3H3. The highest BCUT2D eigenvalue weighted by Gasteiger charge is 2.17. The number of likely N-dealkylation sites (N-methyl/N-ethyl adjacent to an activating group) is 1. The van der Waals surface area contributed by atoms with E-state index in [1.807, 2.05) is 43.3 Å². The molecule has 0 atom stereocenters. The lowest BCUT2D eigenvalue weighted by Gasteiger charge is -2.18. The van der Waals surface area contributed by atoms with Crippen molar-refractivity contribution in [1.82, 2.24) is 4.90 Å². The molecule has 1 amide bonds. The lowest BCUT2D eigenvalue weighted by molar-refractivity contribution is -0.133. The lowest BCUT2D eigenvalue weighted by Crippen LogP contribution is -2.30. The van der Waals surface area contributed by atoms with Gasteiger partial charge in [-0.25, -0.2) is 4.79 Å². The average Bonchev–Trinajstić information content (AvgIpc) is 3.09. The van der Waals surface area contributed by atoms with Crippen LogP contribution in [0.3, 0.4) is 0 Å². The van der Waals surface area contributed by atoms with Gasteiger partial charge in [0, 0.05) is 43.8 Å². The molecule has 28 heavy (non-hydrogen) atoms. The van der Waals surface area contributed by atoms with Crippen LogP contribution >= 0.6 is 11.6 Å². The van der Waals surface area contributed by atoms with Crippen LogP contribution in [0.15, 0.2) is 52.9 Å². The highest BCUT2D eigenvalue weighted by molar-refractivity contribution is 6.31. The number of benzene rings is 2. The summed E-state index contributed by atoms with van der Waals surface area (Å²) in [5.41, 5.74) is 2.60. The van der Waals surface area contributed by atoms with Crippen LogP contribution in [0.5, 0.6) is 0 Å². The van der Waals surface area contributed by atoms with Gasteiger partial charge in [0.1, 0.15) is 5.58 Å². The second-order valence-electron chi connectivity index (χ2n) is 6.68. The molecule has 0 aliphatic carbocycles. The third-order valence-electron chi connectivity index (χ3n) is 4.30. The summed E-state index contributed by atoms with van der Waals surface area (Å²) in [4.78, 5) is 27.9. The van der Waals surface area contributed by atoms with Gasteiger partial charge in [-0.1, -0.05) is 23.7 Å². The number of anilines is 1. The van der Waals surface area contributed by atoms with Crippen molar-refractivity contribution in [3.8, 4) is 0 Å². The Morgan fingerprint density at radius 2 is 1.75 bits per heavy atom. The second-order valence-corrected chi connectivity index (χ2v) is 7.12. The molecule has 6 nitrogen and oxygen atoms in total. The number of ether oxygens (including phenoxy) is 1. The molecule has 0 saturated heterocycles. The molecule has 0 aliphatic heterocycles. The first-order chi connectivity index (χ1) is 13.3. The van der Waals surface area contributed by atoms with E-state index in [1.165, 1.54) is 4.90 Å². The Morgan fingerprint density at radius 3 is 2.43 bits per heavy atom. The zero-order valence-electron chi connectivity index (χ0n) is 15.9. The first-order valence-corrected chi connectivity index (χ1v) is 9.08. The molecular formula is C21H21ClN2O4. The quantitative estimate of drug-likeness (QED) is 0.586. The number of carbonyl (C=O) groups excluding carboxylic acids is 2. The Labute approximate surface area is 168 Å². The summed E-state index contributed by atoms with van der Waals surface area (Å²) >= 11 is 5.93. The number of hydrogen-bond acceptors (Lipinski definition) is 5. The van der Waals surface area contributed by atoms with Crippen LogP contribution in [-0.4, -0.2) is 44.5 Å². The Bertz CT molecular complexity index is 995. The van der Waals surface area contributed by atoms with E-state index in [0.717, 1.165) is 11.3 Å². The summed E-state index contributed by atoms with van der Waals surface area (Å²) < 4.78 is 10.5. The molecule has 3 rings (SSSR count). The van der Waals surface area contributed by atoms with Gasteiger partial charge < -0.3 is 19.0 Å². The fourth-order valence-electron chi connectivity index (χ4n) is 2.68. The number of halogens is 1. The Morgan fingerprint density at radius 1 is 1.04 bits per heavy atom. The SMILES string of the molecule is CN(Cc1ccc(N(C)C)cc1)C(=O)COC(=O)c1cc2cc(Cl)ccc2o1. The normalized spacial score (nSPS) is 10.7. The highest BCUT2D eigenvalue weighted by Crippen LogP contribution is 2.23. The molecule has 3 aromatic rings. The number of carbonyl (C=O) groups is 2. The van der Waals surface area contributed by atoms with Crippen molar-refractivity contribution in [1.29, 1.82) is 0 Å². The van der Waals surface area contributed by atoms with E-state index in [0.29, 0.717) is 22.5 Å². The van der Waals surface area contributed by atoms with Crippen molar-refractivity contribution in [2.75, 3.05) is 32.6 Å². The maximum Gasteiger partial charge on any atom is 0.374 e. The minimum Gasteiger partial charge on any atom is -0.450 e. The summed E-state index contributed by atoms with van der Waals surface area (Å²) in [5.74, 6) is -0.958. The molecule has 1 heterocycles. The molecule has 0 unspecified atom stereocenters. The summed E-state index contributed by atoms with van der Waals surface area (Å²) in [6.45, 7) is 0.0656. The van der Waals surface area contributed by atoms with E-state index < -0.39 is 5.97 Å². The number of amides is 1. The molecule has 7 heteroatoms. The topological polar surface area (TPSA) is 63.0 Å². The zero-order chi connectivity index (χ0) is 20.3. The summed E-state index contributed by atoms with van der Waals surface area (Å²) in [7, 11) is 5.60. The molecule has 2 aromatic carbocycles. The Kier molecular flexibility index (Phi) is 5.90. The van der Waals surface area contributed by atoms with E-state index >= 15 is 0 Å². The zero-order valence-corrected chi connectivity index (χ0v) is 16.7. The molecule has 0 saturated carbocycles. The van der Waals surface area contributed by atoms with Crippen LogP contribution < -0.4 is 4.90 Å². The fraction of sp³-hybridized carbons (Fsp3) is 0.238. The van der Waals surface area contributed by atoms with Gasteiger partial charge in [0.15, 0.2) is 6.61 Å². The number of furan rings is 1. The van der Waals surface area contributed by atoms with Crippen molar-refractivity contribution >= 4 is 40.1 Å². The summed E-state index contributed by atoms with van der Waals surface area (Å²) in [6, 6.07) is 14.5. The first-order valence-electron chi connectivity index (χ1n) is 8.70.